The molecule has 11 rings (SSSR count). The second-order valence-corrected chi connectivity index (χ2v) is 14.9. The van der Waals surface area contributed by atoms with E-state index in [9.17, 15) is 0 Å². The predicted molar refractivity (Wildman–Crippen MR) is 235 cm³/mol. The van der Waals surface area contributed by atoms with Crippen molar-refractivity contribution in [2.75, 3.05) is 4.90 Å². The third-order valence-corrected chi connectivity index (χ3v) is 11.8. The molecule has 0 spiro atoms. The van der Waals surface area contributed by atoms with Gasteiger partial charge in [-0.2, -0.15) is 0 Å². The number of aromatic nitrogens is 1. The summed E-state index contributed by atoms with van der Waals surface area (Å²) in [5, 5.41) is 5.08. The van der Waals surface area contributed by atoms with Gasteiger partial charge >= 0.3 is 0 Å². The largest absolute Gasteiger partial charge is 0.333 e. The van der Waals surface area contributed by atoms with Crippen LogP contribution < -0.4 is 4.90 Å². The maximum atomic E-state index is 2.54. The summed E-state index contributed by atoms with van der Waals surface area (Å²) in [4.78, 5) is 2.54. The van der Waals surface area contributed by atoms with Gasteiger partial charge in [0.25, 0.3) is 0 Å². The SMILES string of the molecule is c1ccc(C2c3ccccc3N(c3ccc(-c4ccc(-c5ccc(-n6c7ccccc7c7ccc8ccccc8c76)cc5)cc4)cc3)C2c2ccccc2)cc1. The van der Waals surface area contributed by atoms with Crippen LogP contribution in [0.4, 0.5) is 11.4 Å². The van der Waals surface area contributed by atoms with Gasteiger partial charge in [0.15, 0.2) is 0 Å². The Morgan fingerprint density at radius 3 is 1.54 bits per heavy atom. The summed E-state index contributed by atoms with van der Waals surface area (Å²) in [5.74, 6) is 0.220. The Balaban J connectivity index is 0.905. The van der Waals surface area contributed by atoms with Crippen LogP contribution >= 0.6 is 0 Å². The van der Waals surface area contributed by atoms with Crippen molar-refractivity contribution in [2.24, 2.45) is 0 Å². The van der Waals surface area contributed by atoms with Crippen molar-refractivity contribution in [1.82, 2.24) is 4.57 Å². The van der Waals surface area contributed by atoms with Crippen molar-refractivity contribution in [3.63, 3.8) is 0 Å². The smallest absolute Gasteiger partial charge is 0.0701 e. The van der Waals surface area contributed by atoms with Gasteiger partial charge in [0.1, 0.15) is 0 Å². The fourth-order valence-electron chi connectivity index (χ4n) is 9.22. The Hall–Kier alpha value is -7.16. The van der Waals surface area contributed by atoms with Gasteiger partial charge in [-0.3, -0.25) is 0 Å². The molecule has 1 aliphatic heterocycles. The van der Waals surface area contributed by atoms with E-state index in [4.69, 9.17) is 0 Å². The molecule has 1 aromatic heterocycles. The van der Waals surface area contributed by atoms with E-state index in [0.717, 1.165) is 0 Å². The molecule has 0 saturated heterocycles. The van der Waals surface area contributed by atoms with Crippen LogP contribution in [-0.4, -0.2) is 4.57 Å². The van der Waals surface area contributed by atoms with E-state index in [1.165, 1.54) is 88.6 Å². The van der Waals surface area contributed by atoms with E-state index in [0.29, 0.717) is 0 Å². The van der Waals surface area contributed by atoms with Crippen LogP contribution in [0.25, 0.3) is 60.5 Å². The lowest BCUT2D eigenvalue weighted by atomic mass is 9.84. The minimum Gasteiger partial charge on any atom is -0.333 e. The molecule has 1 aliphatic rings. The summed E-state index contributed by atoms with van der Waals surface area (Å²) in [6.45, 7) is 0. The van der Waals surface area contributed by atoms with E-state index in [-0.39, 0.29) is 12.0 Å². The molecule has 2 atom stereocenters. The highest BCUT2D eigenvalue weighted by Crippen LogP contribution is 2.55. The summed E-state index contributed by atoms with van der Waals surface area (Å²) >= 11 is 0. The summed E-state index contributed by atoms with van der Waals surface area (Å²) in [6.07, 6.45) is 0. The molecule has 0 radical (unpaired) electrons. The first-order valence-electron chi connectivity index (χ1n) is 19.5. The topological polar surface area (TPSA) is 8.17 Å². The highest BCUT2D eigenvalue weighted by Gasteiger charge is 2.40. The molecule has 0 N–H and O–H groups in total. The van der Waals surface area contributed by atoms with E-state index in [1.54, 1.807) is 0 Å². The molecule has 0 fully saturated rings. The lowest BCUT2D eigenvalue weighted by Crippen LogP contribution is -2.22. The molecule has 2 heteroatoms. The normalized spacial score (nSPS) is 15.1. The van der Waals surface area contributed by atoms with Gasteiger partial charge in [0, 0.05) is 39.1 Å². The number of anilines is 2. The fourth-order valence-corrected chi connectivity index (χ4v) is 9.22. The van der Waals surface area contributed by atoms with Crippen molar-refractivity contribution < 1.29 is 0 Å². The van der Waals surface area contributed by atoms with Crippen molar-refractivity contribution in [3.8, 4) is 27.9 Å². The standard InChI is InChI=1S/C54H38N2/c1-3-14-42(15-4-1)52-49-20-10-12-22-51(49)55(53(52)43-16-5-2-6-17-43)44-32-27-39(28-33-44)37-23-25-38(26-24-37)40-29-34-45(35-30-40)56-50-21-11-9-19-47(50)48-36-31-41-13-7-8-18-46(41)54(48)56/h1-36,52-53H. The molecular formula is C54H38N2. The number of hydrogen-bond acceptors (Lipinski definition) is 1. The van der Waals surface area contributed by atoms with Crippen molar-refractivity contribution in [3.05, 3.63) is 235 Å². The molecule has 2 unspecified atom stereocenters. The average molecular weight is 715 g/mol. The van der Waals surface area contributed by atoms with E-state index in [1.807, 2.05) is 0 Å². The molecule has 0 bridgehead atoms. The Morgan fingerprint density at radius 2 is 0.857 bits per heavy atom. The van der Waals surface area contributed by atoms with E-state index >= 15 is 0 Å². The maximum absolute atomic E-state index is 2.54. The van der Waals surface area contributed by atoms with Crippen molar-refractivity contribution >= 4 is 44.0 Å². The second-order valence-electron chi connectivity index (χ2n) is 14.9. The van der Waals surface area contributed by atoms with Crippen LogP contribution in [0.1, 0.15) is 28.7 Å². The van der Waals surface area contributed by atoms with Gasteiger partial charge in [-0.15, -0.1) is 0 Å². The van der Waals surface area contributed by atoms with Gasteiger partial charge < -0.3 is 9.47 Å². The fraction of sp³-hybridized carbons (Fsp3) is 0.0370. The van der Waals surface area contributed by atoms with Crippen LogP contribution in [0.3, 0.4) is 0 Å². The minimum atomic E-state index is 0.141. The summed E-state index contributed by atoms with van der Waals surface area (Å²) in [6, 6.07) is 80.1. The Morgan fingerprint density at radius 1 is 0.339 bits per heavy atom. The first kappa shape index (κ1) is 32.3. The number of para-hydroxylation sites is 2. The molecule has 2 nitrogen and oxygen atoms in total. The van der Waals surface area contributed by atoms with Crippen LogP contribution in [-0.2, 0) is 0 Å². The van der Waals surface area contributed by atoms with Crippen LogP contribution in [0.5, 0.6) is 0 Å². The van der Waals surface area contributed by atoms with Gasteiger partial charge in [-0.05, 0) is 80.7 Å². The average Bonchev–Trinajstić information content (AvgIpc) is 3.81. The number of benzene rings is 9. The second kappa shape index (κ2) is 13.3. The van der Waals surface area contributed by atoms with Crippen molar-refractivity contribution in [2.45, 2.75) is 12.0 Å². The zero-order valence-electron chi connectivity index (χ0n) is 30.8. The van der Waals surface area contributed by atoms with Gasteiger partial charge in [0.05, 0.1) is 17.1 Å². The molecular weight excluding hydrogens is 677 g/mol. The lowest BCUT2D eigenvalue weighted by Gasteiger charge is -2.31. The molecule has 0 aliphatic carbocycles. The van der Waals surface area contributed by atoms with Crippen LogP contribution in [0.15, 0.2) is 218 Å². The molecule has 10 aromatic rings. The molecule has 0 amide bonds. The van der Waals surface area contributed by atoms with Gasteiger partial charge in [0.2, 0.25) is 0 Å². The Labute approximate surface area is 327 Å². The molecule has 9 aromatic carbocycles. The quantitative estimate of drug-likeness (QED) is 0.166. The zero-order chi connectivity index (χ0) is 37.0. The Bertz CT molecular complexity index is 3000. The minimum absolute atomic E-state index is 0.141. The number of rotatable bonds is 6. The molecule has 2 heterocycles. The van der Waals surface area contributed by atoms with E-state index in [2.05, 4.69) is 228 Å². The maximum Gasteiger partial charge on any atom is 0.0701 e. The van der Waals surface area contributed by atoms with Crippen molar-refractivity contribution in [1.29, 1.82) is 0 Å². The number of hydrogen-bond donors (Lipinski definition) is 0. The highest BCUT2D eigenvalue weighted by atomic mass is 15.2. The summed E-state index contributed by atoms with van der Waals surface area (Å²) < 4.78 is 2.42. The van der Waals surface area contributed by atoms with Crippen LogP contribution in [0, 0.1) is 0 Å². The van der Waals surface area contributed by atoms with E-state index < -0.39 is 0 Å². The third kappa shape index (κ3) is 5.26. The molecule has 0 saturated carbocycles. The predicted octanol–water partition coefficient (Wildman–Crippen LogP) is 14.3. The highest BCUT2D eigenvalue weighted by molar-refractivity contribution is 6.18. The first-order valence-corrected chi connectivity index (χ1v) is 19.5. The first-order chi connectivity index (χ1) is 27.8. The summed E-state index contributed by atoms with van der Waals surface area (Å²) in [5.41, 5.74) is 14.9. The van der Waals surface area contributed by atoms with Crippen LogP contribution in [0.2, 0.25) is 0 Å². The monoisotopic (exact) mass is 714 g/mol. The van der Waals surface area contributed by atoms with Gasteiger partial charge in [-0.1, -0.05) is 182 Å². The molecule has 56 heavy (non-hydrogen) atoms. The third-order valence-electron chi connectivity index (χ3n) is 11.8. The molecule has 264 valence electrons. The zero-order valence-corrected chi connectivity index (χ0v) is 30.8. The summed E-state index contributed by atoms with van der Waals surface area (Å²) in [7, 11) is 0. The number of nitrogens with zero attached hydrogens (tertiary/aromatic N) is 2. The Kier molecular flexibility index (Phi) is 7.67. The van der Waals surface area contributed by atoms with Gasteiger partial charge in [-0.25, -0.2) is 0 Å². The lowest BCUT2D eigenvalue weighted by molar-refractivity contribution is 0.658. The number of fused-ring (bicyclic) bond motifs is 6.